The van der Waals surface area contributed by atoms with Crippen molar-refractivity contribution in [3.8, 4) is 0 Å². The molecule has 0 aliphatic rings. The SMILES string of the molecule is CC(C)(C)OOCCC(COOC(=O)c1ccccc1)OOC(C)(C)C. The number of carbonyl (C=O) groups is 1. The summed E-state index contributed by atoms with van der Waals surface area (Å²) in [4.78, 5) is 42.7. The van der Waals surface area contributed by atoms with Crippen LogP contribution in [0.2, 0.25) is 0 Å². The van der Waals surface area contributed by atoms with Gasteiger partial charge in [-0.05, 0) is 53.7 Å². The molecule has 0 heterocycles. The van der Waals surface area contributed by atoms with E-state index < -0.39 is 23.3 Å². The Hall–Kier alpha value is -1.51. The number of benzene rings is 1. The molecule has 0 bridgehead atoms. The molecule has 0 amide bonds. The van der Waals surface area contributed by atoms with Crippen LogP contribution in [0.1, 0.15) is 58.3 Å². The monoisotopic (exact) mass is 370 g/mol. The zero-order chi connectivity index (χ0) is 19.6. The van der Waals surface area contributed by atoms with E-state index in [1.54, 1.807) is 24.3 Å². The second-order valence-corrected chi connectivity index (χ2v) is 7.74. The van der Waals surface area contributed by atoms with Gasteiger partial charge >= 0.3 is 5.97 Å². The molecule has 1 aromatic carbocycles. The molecule has 1 unspecified atom stereocenters. The minimum absolute atomic E-state index is 0.00642. The Balaban J connectivity index is 2.41. The van der Waals surface area contributed by atoms with Crippen LogP contribution in [0.4, 0.5) is 0 Å². The molecule has 0 aliphatic carbocycles. The first-order chi connectivity index (χ1) is 12.1. The molecule has 0 saturated heterocycles. The van der Waals surface area contributed by atoms with Crippen molar-refractivity contribution in [3.63, 3.8) is 0 Å². The molecule has 1 rings (SSSR count). The molecular weight excluding hydrogens is 340 g/mol. The molecule has 148 valence electrons. The Morgan fingerprint density at radius 1 is 0.923 bits per heavy atom. The van der Waals surface area contributed by atoms with Gasteiger partial charge in [-0.3, -0.25) is 4.89 Å². The van der Waals surface area contributed by atoms with E-state index in [0.717, 1.165) is 0 Å². The number of hydrogen-bond acceptors (Lipinski definition) is 7. The van der Waals surface area contributed by atoms with E-state index in [0.29, 0.717) is 12.0 Å². The van der Waals surface area contributed by atoms with Gasteiger partial charge in [-0.2, -0.15) is 4.89 Å². The molecular formula is C19H30O7. The summed E-state index contributed by atoms with van der Waals surface area (Å²) in [6, 6.07) is 8.57. The Morgan fingerprint density at radius 3 is 2.12 bits per heavy atom. The van der Waals surface area contributed by atoms with E-state index in [1.807, 2.05) is 47.6 Å². The molecule has 0 saturated carbocycles. The third kappa shape index (κ3) is 11.2. The van der Waals surface area contributed by atoms with E-state index in [-0.39, 0.29) is 13.2 Å². The lowest BCUT2D eigenvalue weighted by Gasteiger charge is -2.23. The Bertz CT molecular complexity index is 517. The molecule has 0 fully saturated rings. The largest absolute Gasteiger partial charge is 0.373 e. The van der Waals surface area contributed by atoms with Crippen LogP contribution in [0.25, 0.3) is 0 Å². The van der Waals surface area contributed by atoms with Gasteiger partial charge in [0, 0.05) is 6.42 Å². The zero-order valence-electron chi connectivity index (χ0n) is 16.4. The molecule has 1 atom stereocenters. The summed E-state index contributed by atoms with van der Waals surface area (Å²) in [5.41, 5.74) is -0.486. The van der Waals surface area contributed by atoms with Crippen molar-refractivity contribution in [2.75, 3.05) is 13.2 Å². The fourth-order valence-electron chi connectivity index (χ4n) is 1.56. The fourth-order valence-corrected chi connectivity index (χ4v) is 1.56. The lowest BCUT2D eigenvalue weighted by atomic mass is 10.2. The number of carbonyl (C=O) groups excluding carboxylic acids is 1. The lowest BCUT2D eigenvalue weighted by molar-refractivity contribution is -0.398. The smallest absolute Gasteiger partial charge is 0.293 e. The topological polar surface area (TPSA) is 72.5 Å². The maximum Gasteiger partial charge on any atom is 0.373 e. The van der Waals surface area contributed by atoms with Crippen LogP contribution in [0.5, 0.6) is 0 Å². The highest BCUT2D eigenvalue weighted by Gasteiger charge is 2.20. The van der Waals surface area contributed by atoms with Crippen molar-refractivity contribution in [1.82, 2.24) is 0 Å². The van der Waals surface area contributed by atoms with Crippen molar-refractivity contribution in [1.29, 1.82) is 0 Å². The number of hydrogen-bond donors (Lipinski definition) is 0. The Kier molecular flexibility index (Phi) is 9.18. The molecule has 1 aromatic rings. The van der Waals surface area contributed by atoms with Gasteiger partial charge in [0.2, 0.25) is 0 Å². The molecule has 0 spiro atoms. The predicted molar refractivity (Wildman–Crippen MR) is 94.9 cm³/mol. The molecule has 7 nitrogen and oxygen atoms in total. The number of rotatable bonds is 10. The van der Waals surface area contributed by atoms with Gasteiger partial charge in [0.1, 0.15) is 12.7 Å². The van der Waals surface area contributed by atoms with Crippen LogP contribution >= 0.6 is 0 Å². The van der Waals surface area contributed by atoms with E-state index >= 15 is 0 Å². The van der Waals surface area contributed by atoms with Gasteiger partial charge in [-0.25, -0.2) is 24.3 Å². The van der Waals surface area contributed by atoms with Gasteiger partial charge in [0.05, 0.1) is 23.4 Å². The van der Waals surface area contributed by atoms with E-state index in [4.69, 9.17) is 29.3 Å². The van der Waals surface area contributed by atoms with Crippen LogP contribution in [-0.2, 0) is 29.3 Å². The normalized spacial score (nSPS) is 13.5. The molecule has 26 heavy (non-hydrogen) atoms. The highest BCUT2D eigenvalue weighted by atomic mass is 17.2. The fraction of sp³-hybridized carbons (Fsp3) is 0.632. The Morgan fingerprint density at radius 2 is 1.54 bits per heavy atom. The Labute approximate surface area is 155 Å². The quantitative estimate of drug-likeness (QED) is 0.350. The molecule has 0 aromatic heterocycles. The van der Waals surface area contributed by atoms with Crippen LogP contribution in [-0.4, -0.2) is 36.5 Å². The molecule has 0 aliphatic heterocycles. The van der Waals surface area contributed by atoms with Crippen molar-refractivity contribution in [3.05, 3.63) is 35.9 Å². The van der Waals surface area contributed by atoms with Crippen LogP contribution in [0.3, 0.4) is 0 Å². The van der Waals surface area contributed by atoms with Crippen molar-refractivity contribution < 1.29 is 34.1 Å². The summed E-state index contributed by atoms with van der Waals surface area (Å²) in [6.45, 7) is 11.5. The van der Waals surface area contributed by atoms with Gasteiger partial charge < -0.3 is 0 Å². The summed E-state index contributed by atoms with van der Waals surface area (Å²) in [7, 11) is 0. The maximum absolute atomic E-state index is 11.9. The third-order valence-corrected chi connectivity index (χ3v) is 2.66. The first kappa shape index (κ1) is 22.5. The van der Waals surface area contributed by atoms with Crippen molar-refractivity contribution >= 4 is 5.97 Å². The minimum atomic E-state index is -0.576. The maximum atomic E-state index is 11.9. The second-order valence-electron chi connectivity index (χ2n) is 7.74. The minimum Gasteiger partial charge on any atom is -0.293 e. The average Bonchev–Trinajstić information content (AvgIpc) is 2.54. The summed E-state index contributed by atoms with van der Waals surface area (Å²) >= 11 is 0. The summed E-state index contributed by atoms with van der Waals surface area (Å²) in [5.74, 6) is -0.576. The summed E-state index contributed by atoms with van der Waals surface area (Å²) in [5, 5.41) is 0. The predicted octanol–water partition coefficient (Wildman–Crippen LogP) is 4.03. The van der Waals surface area contributed by atoms with Crippen molar-refractivity contribution in [2.45, 2.75) is 65.3 Å². The highest BCUT2D eigenvalue weighted by Crippen LogP contribution is 2.13. The molecule has 0 N–H and O–H groups in total. The van der Waals surface area contributed by atoms with Gasteiger partial charge in [0.15, 0.2) is 0 Å². The van der Waals surface area contributed by atoms with Crippen molar-refractivity contribution in [2.24, 2.45) is 0 Å². The summed E-state index contributed by atoms with van der Waals surface area (Å²) in [6.07, 6.45) is -0.0731. The standard InChI is InChI=1S/C19H30O7/c1-18(2,3)25-21-13-12-16(23-26-19(4,5)6)14-22-24-17(20)15-10-8-7-9-11-15/h7-11,16H,12-14H2,1-6H3. The highest BCUT2D eigenvalue weighted by molar-refractivity contribution is 5.88. The van der Waals surface area contributed by atoms with Gasteiger partial charge in [0.25, 0.3) is 0 Å². The van der Waals surface area contributed by atoms with E-state index in [1.165, 1.54) is 0 Å². The van der Waals surface area contributed by atoms with E-state index in [2.05, 4.69) is 0 Å². The third-order valence-electron chi connectivity index (χ3n) is 2.66. The van der Waals surface area contributed by atoms with E-state index in [9.17, 15) is 4.79 Å². The lowest BCUT2D eigenvalue weighted by Crippen LogP contribution is -2.29. The van der Waals surface area contributed by atoms with Crippen LogP contribution < -0.4 is 0 Å². The molecule has 7 heteroatoms. The summed E-state index contributed by atoms with van der Waals surface area (Å²) < 4.78 is 0. The van der Waals surface area contributed by atoms with Gasteiger partial charge in [-0.1, -0.05) is 18.2 Å². The second kappa shape index (κ2) is 10.6. The zero-order valence-corrected chi connectivity index (χ0v) is 16.4. The van der Waals surface area contributed by atoms with Crippen LogP contribution in [0.15, 0.2) is 30.3 Å². The molecule has 0 radical (unpaired) electrons. The first-order valence-electron chi connectivity index (χ1n) is 8.61. The first-order valence-corrected chi connectivity index (χ1v) is 8.61. The average molecular weight is 370 g/mol. The van der Waals surface area contributed by atoms with Gasteiger partial charge in [-0.15, -0.1) is 0 Å². The van der Waals surface area contributed by atoms with Crippen LogP contribution in [0, 0.1) is 0 Å².